The average molecular weight is 395 g/mol. The van der Waals surface area contributed by atoms with E-state index in [1.807, 2.05) is 0 Å². The van der Waals surface area contributed by atoms with Crippen molar-refractivity contribution in [3.63, 3.8) is 0 Å². The second kappa shape index (κ2) is 6.70. The summed E-state index contributed by atoms with van der Waals surface area (Å²) in [5, 5.41) is 3.16. The minimum absolute atomic E-state index is 0.0729. The molecule has 1 N–H and O–H groups in total. The largest absolute Gasteiger partial charge is 0.325 e. The lowest BCUT2D eigenvalue weighted by molar-refractivity contribution is -0.130. The van der Waals surface area contributed by atoms with Gasteiger partial charge in [-0.15, -0.1) is 0 Å². The third-order valence-corrected chi connectivity index (χ3v) is 4.74. The fourth-order valence-corrected chi connectivity index (χ4v) is 3.41. The molecule has 1 saturated heterocycles. The maximum atomic E-state index is 13.3. The molecule has 0 saturated carbocycles. The summed E-state index contributed by atoms with van der Waals surface area (Å²) in [6.07, 6.45) is 0. The van der Waals surface area contributed by atoms with Crippen LogP contribution in [0.15, 0.2) is 42.5 Å². The van der Waals surface area contributed by atoms with E-state index in [1.54, 1.807) is 12.1 Å². The summed E-state index contributed by atoms with van der Waals surface area (Å²) in [5.74, 6) is -1.76. The third-order valence-electron chi connectivity index (χ3n) is 4.19. The zero-order chi connectivity index (χ0) is 19.1. The molecule has 2 aromatic carbocycles. The highest BCUT2D eigenvalue weighted by atomic mass is 35.5. The number of hydrogen-bond acceptors (Lipinski definition) is 3. The summed E-state index contributed by atoms with van der Waals surface area (Å²) >= 11 is 12.0. The van der Waals surface area contributed by atoms with E-state index >= 15 is 0 Å². The molecule has 0 unspecified atom stereocenters. The smallest absolute Gasteiger partial charge is 0.319 e. The van der Waals surface area contributed by atoms with Crippen LogP contribution in [0.5, 0.6) is 0 Å². The summed E-state index contributed by atoms with van der Waals surface area (Å²) in [7, 11) is 0. The number of imide groups is 1. The molecule has 26 heavy (non-hydrogen) atoms. The van der Waals surface area contributed by atoms with Gasteiger partial charge < -0.3 is 5.32 Å². The number of nitrogens with one attached hydrogen (secondary N) is 1. The van der Waals surface area contributed by atoms with Gasteiger partial charge in [0.2, 0.25) is 0 Å². The highest BCUT2D eigenvalue weighted by Crippen LogP contribution is 2.35. The van der Waals surface area contributed by atoms with Crippen molar-refractivity contribution in [3.8, 4) is 0 Å². The van der Waals surface area contributed by atoms with Gasteiger partial charge in [-0.05, 0) is 31.2 Å². The number of ketones is 1. The molecule has 0 radical (unpaired) electrons. The van der Waals surface area contributed by atoms with E-state index < -0.39 is 35.6 Å². The summed E-state index contributed by atoms with van der Waals surface area (Å²) in [4.78, 5) is 38.2. The van der Waals surface area contributed by atoms with Crippen molar-refractivity contribution in [2.75, 3.05) is 6.54 Å². The number of carbonyl (C=O) groups excluding carboxylic acids is 3. The first-order chi connectivity index (χ1) is 12.2. The Hall–Kier alpha value is -2.44. The zero-order valence-electron chi connectivity index (χ0n) is 13.6. The Morgan fingerprint density at radius 1 is 1.19 bits per heavy atom. The molecule has 0 bridgehead atoms. The molecule has 2 aromatic rings. The number of Topliss-reactive ketones (excluding diaryl/α,β-unsaturated/α-hetero) is 1. The molecule has 0 spiro atoms. The highest BCUT2D eigenvalue weighted by Gasteiger charge is 2.50. The van der Waals surface area contributed by atoms with Crippen LogP contribution in [0.3, 0.4) is 0 Å². The number of urea groups is 1. The third kappa shape index (κ3) is 3.18. The van der Waals surface area contributed by atoms with Gasteiger partial charge in [-0.2, -0.15) is 0 Å². The topological polar surface area (TPSA) is 66.5 Å². The molecular formula is C18H13Cl2FN2O3. The van der Waals surface area contributed by atoms with E-state index in [1.165, 1.54) is 31.2 Å². The van der Waals surface area contributed by atoms with Crippen LogP contribution in [0.2, 0.25) is 10.0 Å². The summed E-state index contributed by atoms with van der Waals surface area (Å²) in [6, 6.07) is 8.87. The molecule has 0 aromatic heterocycles. The van der Waals surface area contributed by atoms with Crippen LogP contribution < -0.4 is 5.32 Å². The van der Waals surface area contributed by atoms with E-state index in [2.05, 4.69) is 5.32 Å². The Bertz CT molecular complexity index is 934. The molecule has 5 nitrogen and oxygen atoms in total. The van der Waals surface area contributed by atoms with E-state index in [9.17, 15) is 18.8 Å². The molecule has 8 heteroatoms. The quantitative estimate of drug-likeness (QED) is 0.633. The number of halogens is 3. The van der Waals surface area contributed by atoms with Gasteiger partial charge in [-0.3, -0.25) is 14.5 Å². The number of hydrogen-bond donors (Lipinski definition) is 1. The van der Waals surface area contributed by atoms with Crippen molar-refractivity contribution in [1.29, 1.82) is 0 Å². The number of rotatable bonds is 4. The van der Waals surface area contributed by atoms with Gasteiger partial charge in [-0.25, -0.2) is 9.18 Å². The molecular weight excluding hydrogens is 382 g/mol. The normalized spacial score (nSPS) is 19.6. The molecule has 0 aliphatic carbocycles. The summed E-state index contributed by atoms with van der Waals surface area (Å²) < 4.78 is 13.3. The maximum Gasteiger partial charge on any atom is 0.325 e. The lowest BCUT2D eigenvalue weighted by Crippen LogP contribution is -2.41. The summed E-state index contributed by atoms with van der Waals surface area (Å²) in [6.45, 7) is 0.990. The van der Waals surface area contributed by atoms with Crippen molar-refractivity contribution in [2.24, 2.45) is 0 Å². The lowest BCUT2D eigenvalue weighted by atomic mass is 9.92. The Morgan fingerprint density at radius 2 is 1.92 bits per heavy atom. The first-order valence-corrected chi connectivity index (χ1v) is 8.36. The van der Waals surface area contributed by atoms with Gasteiger partial charge in [-0.1, -0.05) is 41.4 Å². The minimum Gasteiger partial charge on any atom is -0.319 e. The average Bonchev–Trinajstić information content (AvgIpc) is 2.78. The second-order valence-corrected chi connectivity index (χ2v) is 6.85. The monoisotopic (exact) mass is 394 g/mol. The Kier molecular flexibility index (Phi) is 4.73. The van der Waals surface area contributed by atoms with Gasteiger partial charge in [0.25, 0.3) is 5.91 Å². The van der Waals surface area contributed by atoms with Crippen LogP contribution in [0.4, 0.5) is 9.18 Å². The van der Waals surface area contributed by atoms with Gasteiger partial charge in [0.05, 0.1) is 6.54 Å². The van der Waals surface area contributed by atoms with Crippen molar-refractivity contribution < 1.29 is 18.8 Å². The van der Waals surface area contributed by atoms with E-state index in [-0.39, 0.29) is 10.6 Å². The Labute approximate surface area is 158 Å². The number of benzene rings is 2. The van der Waals surface area contributed by atoms with Gasteiger partial charge in [0, 0.05) is 21.2 Å². The van der Waals surface area contributed by atoms with Crippen LogP contribution in [-0.4, -0.2) is 29.2 Å². The Morgan fingerprint density at radius 3 is 2.58 bits per heavy atom. The van der Waals surface area contributed by atoms with Crippen LogP contribution in [0.25, 0.3) is 0 Å². The zero-order valence-corrected chi connectivity index (χ0v) is 15.1. The molecule has 3 rings (SSSR count). The SMILES string of the molecule is C[C@@]1(c2ccc(Cl)cc2Cl)NC(=O)N(CC(=O)c2cccc(F)c2)C1=O. The fourth-order valence-electron chi connectivity index (χ4n) is 2.81. The fraction of sp³-hybridized carbons (Fsp3) is 0.167. The molecule has 1 heterocycles. The minimum atomic E-state index is -1.43. The van der Waals surface area contributed by atoms with Crippen LogP contribution in [0.1, 0.15) is 22.8 Å². The van der Waals surface area contributed by atoms with Crippen LogP contribution in [0, 0.1) is 5.82 Å². The molecule has 1 atom stereocenters. The highest BCUT2D eigenvalue weighted by molar-refractivity contribution is 6.35. The second-order valence-electron chi connectivity index (χ2n) is 6.00. The molecule has 1 aliphatic rings. The first-order valence-electron chi connectivity index (χ1n) is 7.61. The first kappa shape index (κ1) is 18.4. The van der Waals surface area contributed by atoms with Gasteiger partial charge >= 0.3 is 6.03 Å². The number of nitrogens with zero attached hydrogens (tertiary/aromatic N) is 1. The molecule has 1 fully saturated rings. The standard InChI is InChI=1S/C18H13Cl2FN2O3/c1-18(13-6-5-11(19)8-14(13)20)16(25)23(17(26)22-18)9-15(24)10-3-2-4-12(21)7-10/h2-8H,9H2,1H3,(H,22,26)/t18-/m0/s1. The van der Waals surface area contributed by atoms with Crippen molar-refractivity contribution in [2.45, 2.75) is 12.5 Å². The van der Waals surface area contributed by atoms with Crippen molar-refractivity contribution in [3.05, 3.63) is 69.5 Å². The van der Waals surface area contributed by atoms with Crippen LogP contribution in [-0.2, 0) is 10.3 Å². The lowest BCUT2D eigenvalue weighted by Gasteiger charge is -2.23. The summed E-state index contributed by atoms with van der Waals surface area (Å²) in [5.41, 5.74) is -0.993. The predicted octanol–water partition coefficient (Wildman–Crippen LogP) is 3.78. The van der Waals surface area contributed by atoms with Crippen molar-refractivity contribution >= 4 is 40.9 Å². The van der Waals surface area contributed by atoms with Crippen molar-refractivity contribution in [1.82, 2.24) is 10.2 Å². The maximum absolute atomic E-state index is 13.3. The van der Waals surface area contributed by atoms with Gasteiger partial charge in [0.15, 0.2) is 5.78 Å². The number of carbonyl (C=O) groups is 3. The van der Waals surface area contributed by atoms with E-state index in [0.717, 1.165) is 11.0 Å². The predicted molar refractivity (Wildman–Crippen MR) is 94.8 cm³/mol. The van der Waals surface area contributed by atoms with Gasteiger partial charge in [0.1, 0.15) is 11.4 Å². The molecule has 1 aliphatic heterocycles. The van der Waals surface area contributed by atoms with E-state index in [4.69, 9.17) is 23.2 Å². The Balaban J connectivity index is 1.88. The van der Waals surface area contributed by atoms with Crippen LogP contribution >= 0.6 is 23.2 Å². The number of amides is 3. The molecule has 3 amide bonds. The van der Waals surface area contributed by atoms with E-state index in [0.29, 0.717) is 10.6 Å². The molecule has 134 valence electrons.